The molecule has 4 heteroatoms. The van der Waals surface area contributed by atoms with E-state index in [0.29, 0.717) is 6.10 Å². The topological polar surface area (TPSA) is 37.4 Å². The van der Waals surface area contributed by atoms with E-state index in [-0.39, 0.29) is 0 Å². The van der Waals surface area contributed by atoms with Crippen LogP contribution in [0.25, 0.3) is 10.8 Å². The molecule has 0 radical (unpaired) electrons. The summed E-state index contributed by atoms with van der Waals surface area (Å²) in [6.07, 6.45) is 4.08. The summed E-state index contributed by atoms with van der Waals surface area (Å²) in [7, 11) is 0. The van der Waals surface area contributed by atoms with E-state index in [4.69, 9.17) is 4.74 Å². The molecule has 0 spiro atoms. The third-order valence-electron chi connectivity index (χ3n) is 4.13. The van der Waals surface area contributed by atoms with Crippen LogP contribution in [0.2, 0.25) is 0 Å². The SMILES string of the molecule is CCN1CCOC(CNCc2cccc3cnccc23)C1. The largest absolute Gasteiger partial charge is 0.374 e. The Morgan fingerprint density at radius 1 is 1.38 bits per heavy atom. The first-order valence-corrected chi connectivity index (χ1v) is 7.73. The van der Waals surface area contributed by atoms with Crippen molar-refractivity contribution in [3.8, 4) is 0 Å². The van der Waals surface area contributed by atoms with Crippen LogP contribution in [0.3, 0.4) is 0 Å². The minimum Gasteiger partial charge on any atom is -0.374 e. The maximum Gasteiger partial charge on any atom is 0.0826 e. The summed E-state index contributed by atoms with van der Waals surface area (Å²) in [5.41, 5.74) is 1.32. The fraction of sp³-hybridized carbons (Fsp3) is 0.471. The van der Waals surface area contributed by atoms with E-state index in [9.17, 15) is 0 Å². The van der Waals surface area contributed by atoms with Crippen LogP contribution in [0.4, 0.5) is 0 Å². The van der Waals surface area contributed by atoms with Crippen molar-refractivity contribution in [2.45, 2.75) is 19.6 Å². The Hall–Kier alpha value is -1.49. The summed E-state index contributed by atoms with van der Waals surface area (Å²) in [4.78, 5) is 6.62. The third-order valence-corrected chi connectivity index (χ3v) is 4.13. The van der Waals surface area contributed by atoms with Gasteiger partial charge in [-0.15, -0.1) is 0 Å². The van der Waals surface area contributed by atoms with Gasteiger partial charge in [0.25, 0.3) is 0 Å². The molecule has 2 aromatic rings. The van der Waals surface area contributed by atoms with Gasteiger partial charge in [-0.1, -0.05) is 25.1 Å². The van der Waals surface area contributed by atoms with Crippen molar-refractivity contribution in [2.75, 3.05) is 32.8 Å². The number of ether oxygens (including phenoxy) is 1. The summed E-state index contributed by atoms with van der Waals surface area (Å²) < 4.78 is 5.82. The van der Waals surface area contributed by atoms with Gasteiger partial charge in [0.05, 0.1) is 12.7 Å². The molecule has 1 aliphatic heterocycles. The molecule has 0 bridgehead atoms. The van der Waals surface area contributed by atoms with E-state index in [1.54, 1.807) is 0 Å². The van der Waals surface area contributed by atoms with Crippen molar-refractivity contribution in [2.24, 2.45) is 0 Å². The van der Waals surface area contributed by atoms with E-state index in [1.165, 1.54) is 16.3 Å². The molecule has 0 aliphatic carbocycles. The average Bonchev–Trinajstić information content (AvgIpc) is 2.55. The Balaban J connectivity index is 1.57. The lowest BCUT2D eigenvalue weighted by atomic mass is 10.1. The number of benzene rings is 1. The van der Waals surface area contributed by atoms with Crippen LogP contribution in [-0.2, 0) is 11.3 Å². The molecular formula is C17H23N3O. The molecule has 21 heavy (non-hydrogen) atoms. The Bertz CT molecular complexity index is 582. The Morgan fingerprint density at radius 3 is 3.24 bits per heavy atom. The second-order valence-corrected chi connectivity index (χ2v) is 5.53. The van der Waals surface area contributed by atoms with Crippen molar-refractivity contribution >= 4 is 10.8 Å². The minimum atomic E-state index is 0.301. The van der Waals surface area contributed by atoms with Crippen LogP contribution in [0.15, 0.2) is 36.7 Å². The monoisotopic (exact) mass is 285 g/mol. The first-order chi connectivity index (χ1) is 10.4. The maximum atomic E-state index is 5.82. The highest BCUT2D eigenvalue weighted by atomic mass is 16.5. The normalized spacial score (nSPS) is 20.0. The molecule has 1 aromatic heterocycles. The average molecular weight is 285 g/mol. The second kappa shape index (κ2) is 6.98. The van der Waals surface area contributed by atoms with E-state index in [1.807, 2.05) is 12.4 Å². The van der Waals surface area contributed by atoms with Crippen molar-refractivity contribution in [1.82, 2.24) is 15.2 Å². The number of likely N-dealkylation sites (N-methyl/N-ethyl adjacent to an activating group) is 1. The number of fused-ring (bicyclic) bond motifs is 1. The highest BCUT2D eigenvalue weighted by Crippen LogP contribution is 2.17. The fourth-order valence-electron chi connectivity index (χ4n) is 2.90. The summed E-state index contributed by atoms with van der Waals surface area (Å²) >= 11 is 0. The van der Waals surface area contributed by atoms with E-state index in [0.717, 1.165) is 39.3 Å². The first kappa shape index (κ1) is 14.4. The Labute approximate surface area is 126 Å². The summed E-state index contributed by atoms with van der Waals surface area (Å²) in [6.45, 7) is 8.02. The number of rotatable bonds is 5. The molecule has 3 rings (SSSR count). The number of hydrogen-bond donors (Lipinski definition) is 1. The van der Waals surface area contributed by atoms with Crippen LogP contribution in [0.1, 0.15) is 12.5 Å². The summed E-state index contributed by atoms with van der Waals surface area (Å²) in [6, 6.07) is 8.46. The van der Waals surface area contributed by atoms with Crippen LogP contribution < -0.4 is 5.32 Å². The molecule has 1 saturated heterocycles. The first-order valence-electron chi connectivity index (χ1n) is 7.73. The van der Waals surface area contributed by atoms with Crippen LogP contribution in [-0.4, -0.2) is 48.8 Å². The summed E-state index contributed by atoms with van der Waals surface area (Å²) in [5.74, 6) is 0. The van der Waals surface area contributed by atoms with Crippen LogP contribution in [0.5, 0.6) is 0 Å². The van der Waals surface area contributed by atoms with Gasteiger partial charge in [0, 0.05) is 44.0 Å². The van der Waals surface area contributed by atoms with Gasteiger partial charge in [-0.05, 0) is 23.6 Å². The van der Waals surface area contributed by atoms with E-state index in [2.05, 4.69) is 46.4 Å². The Kier molecular flexibility index (Phi) is 4.80. The van der Waals surface area contributed by atoms with Crippen molar-refractivity contribution < 1.29 is 4.74 Å². The third kappa shape index (κ3) is 3.59. The van der Waals surface area contributed by atoms with Gasteiger partial charge in [0.2, 0.25) is 0 Å². The fourth-order valence-corrected chi connectivity index (χ4v) is 2.90. The van der Waals surface area contributed by atoms with Crippen LogP contribution >= 0.6 is 0 Å². The highest BCUT2D eigenvalue weighted by Gasteiger charge is 2.18. The molecule has 1 N–H and O–H groups in total. The number of morpholine rings is 1. The zero-order valence-electron chi connectivity index (χ0n) is 12.6. The molecule has 1 aromatic carbocycles. The van der Waals surface area contributed by atoms with Crippen LogP contribution in [0, 0.1) is 0 Å². The number of aromatic nitrogens is 1. The second-order valence-electron chi connectivity index (χ2n) is 5.53. The van der Waals surface area contributed by atoms with Gasteiger partial charge in [0.1, 0.15) is 0 Å². The van der Waals surface area contributed by atoms with Gasteiger partial charge < -0.3 is 10.1 Å². The molecule has 0 amide bonds. The predicted molar refractivity (Wildman–Crippen MR) is 85.3 cm³/mol. The Morgan fingerprint density at radius 2 is 2.33 bits per heavy atom. The lowest BCUT2D eigenvalue weighted by Crippen LogP contribution is -2.46. The number of pyridine rings is 1. The van der Waals surface area contributed by atoms with Gasteiger partial charge in [-0.25, -0.2) is 0 Å². The van der Waals surface area contributed by atoms with Gasteiger partial charge in [-0.2, -0.15) is 0 Å². The molecule has 2 heterocycles. The molecule has 1 fully saturated rings. The molecule has 1 unspecified atom stereocenters. The number of hydrogen-bond acceptors (Lipinski definition) is 4. The molecule has 4 nitrogen and oxygen atoms in total. The van der Waals surface area contributed by atoms with Crippen molar-refractivity contribution in [1.29, 1.82) is 0 Å². The summed E-state index contributed by atoms with van der Waals surface area (Å²) in [5, 5.41) is 6.01. The predicted octanol–water partition coefficient (Wildman–Crippen LogP) is 2.05. The van der Waals surface area contributed by atoms with E-state index < -0.39 is 0 Å². The lowest BCUT2D eigenvalue weighted by Gasteiger charge is -2.32. The van der Waals surface area contributed by atoms with Crippen molar-refractivity contribution in [3.05, 3.63) is 42.2 Å². The molecule has 112 valence electrons. The van der Waals surface area contributed by atoms with Crippen molar-refractivity contribution in [3.63, 3.8) is 0 Å². The smallest absolute Gasteiger partial charge is 0.0826 e. The van der Waals surface area contributed by atoms with Gasteiger partial charge in [0.15, 0.2) is 0 Å². The molecule has 0 saturated carbocycles. The van der Waals surface area contributed by atoms with Gasteiger partial charge in [-0.3, -0.25) is 9.88 Å². The number of nitrogens with one attached hydrogen (secondary N) is 1. The zero-order valence-corrected chi connectivity index (χ0v) is 12.6. The zero-order chi connectivity index (χ0) is 14.5. The van der Waals surface area contributed by atoms with E-state index >= 15 is 0 Å². The quantitative estimate of drug-likeness (QED) is 0.912. The number of nitrogens with zero attached hydrogens (tertiary/aromatic N) is 2. The maximum absolute atomic E-state index is 5.82. The standard InChI is InChI=1S/C17H23N3O/c1-2-20-8-9-21-16(13-20)12-19-11-15-5-3-4-14-10-18-7-6-17(14)15/h3-7,10,16,19H,2,8-9,11-13H2,1H3. The lowest BCUT2D eigenvalue weighted by molar-refractivity contribution is -0.0253. The van der Waals surface area contributed by atoms with Gasteiger partial charge >= 0.3 is 0 Å². The molecule has 1 atom stereocenters. The molecule has 1 aliphatic rings. The highest BCUT2D eigenvalue weighted by molar-refractivity contribution is 5.84. The molecular weight excluding hydrogens is 262 g/mol. The minimum absolute atomic E-state index is 0.301.